The summed E-state index contributed by atoms with van der Waals surface area (Å²) in [7, 11) is 0. The molecule has 0 spiro atoms. The summed E-state index contributed by atoms with van der Waals surface area (Å²) in [4.78, 5) is 17.2. The van der Waals surface area contributed by atoms with Gasteiger partial charge in [-0.25, -0.2) is 15.0 Å². The van der Waals surface area contributed by atoms with Crippen LogP contribution in [0.15, 0.2) is 200 Å². The molecule has 4 nitrogen and oxygen atoms in total. The highest BCUT2D eigenvalue weighted by molar-refractivity contribution is 7.25. The molecule has 304 valence electrons. The molecule has 0 N–H and O–H groups in total. The molecule has 4 aromatic heterocycles. The molecule has 1 unspecified atom stereocenters. The van der Waals surface area contributed by atoms with E-state index in [0.717, 1.165) is 34.4 Å². The van der Waals surface area contributed by atoms with Gasteiger partial charge >= 0.3 is 0 Å². The average molecular weight is 865 g/mol. The Balaban J connectivity index is 1.04. The molecule has 0 bridgehead atoms. The molecule has 12 aromatic rings. The molecule has 0 amide bonds. The Morgan fingerprint density at radius 2 is 1.18 bits per heavy atom. The predicted octanol–water partition coefficient (Wildman–Crippen LogP) is 16.1. The Kier molecular flexibility index (Phi) is 8.11. The Morgan fingerprint density at radius 3 is 2.06 bits per heavy atom. The third-order valence-electron chi connectivity index (χ3n) is 13.4. The SMILES string of the molecule is C1=CC2=Cc3sc4cccc(-c5cc(-c6nc(-c7ccccc7)nc(-c7ccc8sc9ccccc9c8c7)n6)ccc5-n5c6ccccc6c6cc7ccccc7cc65)c4c3CC2C=C1. The van der Waals surface area contributed by atoms with E-state index < -0.39 is 0 Å². The van der Waals surface area contributed by atoms with Crippen molar-refractivity contribution < 1.29 is 0 Å². The fraction of sp³-hybridized carbons (Fsp3) is 0.0339. The van der Waals surface area contributed by atoms with Gasteiger partial charge in [0.25, 0.3) is 0 Å². The first-order chi connectivity index (χ1) is 32.2. The van der Waals surface area contributed by atoms with E-state index in [1.165, 1.54) is 84.4 Å². The molecule has 4 heterocycles. The number of allylic oxidation sites excluding steroid dienone is 5. The van der Waals surface area contributed by atoms with Crippen molar-refractivity contribution in [2.24, 2.45) is 5.92 Å². The third-order valence-corrected chi connectivity index (χ3v) is 15.7. The Morgan fingerprint density at radius 1 is 0.477 bits per heavy atom. The predicted molar refractivity (Wildman–Crippen MR) is 275 cm³/mol. The normalized spacial score (nSPS) is 14.5. The van der Waals surface area contributed by atoms with Gasteiger partial charge in [-0.2, -0.15) is 0 Å². The minimum atomic E-state index is 0.362. The van der Waals surface area contributed by atoms with Gasteiger partial charge in [-0.3, -0.25) is 0 Å². The first-order valence-electron chi connectivity index (χ1n) is 22.1. The first kappa shape index (κ1) is 36.7. The fourth-order valence-corrected chi connectivity index (χ4v) is 12.6. The summed E-state index contributed by atoms with van der Waals surface area (Å²) < 4.78 is 6.30. The molecule has 1 atom stereocenters. The summed E-state index contributed by atoms with van der Waals surface area (Å²) in [5.41, 5.74) is 11.5. The molecule has 65 heavy (non-hydrogen) atoms. The number of fused-ring (bicyclic) bond motifs is 11. The van der Waals surface area contributed by atoms with Crippen molar-refractivity contribution in [3.05, 3.63) is 210 Å². The largest absolute Gasteiger partial charge is 0.309 e. The van der Waals surface area contributed by atoms with Crippen LogP contribution >= 0.6 is 22.7 Å². The maximum absolute atomic E-state index is 5.35. The summed E-state index contributed by atoms with van der Waals surface area (Å²) in [6.45, 7) is 0. The maximum Gasteiger partial charge on any atom is 0.164 e. The van der Waals surface area contributed by atoms with Crippen LogP contribution < -0.4 is 0 Å². The molecule has 0 saturated heterocycles. The van der Waals surface area contributed by atoms with E-state index in [9.17, 15) is 0 Å². The van der Waals surface area contributed by atoms with Crippen molar-refractivity contribution in [1.29, 1.82) is 0 Å². The lowest BCUT2D eigenvalue weighted by Gasteiger charge is -2.22. The number of hydrogen-bond acceptors (Lipinski definition) is 5. The first-order valence-corrected chi connectivity index (χ1v) is 23.7. The molecule has 0 radical (unpaired) electrons. The molecule has 8 aromatic carbocycles. The van der Waals surface area contributed by atoms with Crippen LogP contribution in [-0.2, 0) is 6.42 Å². The van der Waals surface area contributed by atoms with Gasteiger partial charge in [-0.1, -0.05) is 127 Å². The maximum atomic E-state index is 5.35. The smallest absolute Gasteiger partial charge is 0.164 e. The van der Waals surface area contributed by atoms with Gasteiger partial charge in [-0.15, -0.1) is 22.7 Å². The lowest BCUT2D eigenvalue weighted by Crippen LogP contribution is -2.10. The highest BCUT2D eigenvalue weighted by Gasteiger charge is 2.27. The van der Waals surface area contributed by atoms with Crippen LogP contribution in [-0.4, -0.2) is 19.5 Å². The van der Waals surface area contributed by atoms with Crippen LogP contribution in [0, 0.1) is 5.92 Å². The molecule has 0 fully saturated rings. The lowest BCUT2D eigenvalue weighted by atomic mass is 9.82. The van der Waals surface area contributed by atoms with E-state index in [4.69, 9.17) is 15.0 Å². The second-order valence-corrected chi connectivity index (χ2v) is 19.3. The van der Waals surface area contributed by atoms with Gasteiger partial charge in [0, 0.05) is 74.1 Å². The molecule has 0 aliphatic heterocycles. The second-order valence-electron chi connectivity index (χ2n) is 17.1. The molecule has 2 aliphatic rings. The Hall–Kier alpha value is -7.77. The van der Waals surface area contributed by atoms with Gasteiger partial charge in [0.1, 0.15) is 0 Å². The number of thiophene rings is 2. The monoisotopic (exact) mass is 864 g/mol. The average Bonchev–Trinajstić information content (AvgIpc) is 4.03. The van der Waals surface area contributed by atoms with Crippen LogP contribution in [0.3, 0.4) is 0 Å². The van der Waals surface area contributed by atoms with Gasteiger partial charge in [0.05, 0.1) is 16.7 Å². The number of benzene rings is 8. The third kappa shape index (κ3) is 5.84. The van der Waals surface area contributed by atoms with E-state index in [1.54, 1.807) is 0 Å². The summed E-state index contributed by atoms with van der Waals surface area (Å²) in [6, 6.07) is 61.5. The van der Waals surface area contributed by atoms with Gasteiger partial charge in [0.2, 0.25) is 0 Å². The quantitative estimate of drug-likeness (QED) is 0.173. The summed E-state index contributed by atoms with van der Waals surface area (Å²) in [5, 5.41) is 8.71. The lowest BCUT2D eigenvalue weighted by molar-refractivity contribution is 0.767. The Bertz CT molecular complexity index is 4050. The fourth-order valence-electron chi connectivity index (χ4n) is 10.3. The van der Waals surface area contributed by atoms with E-state index in [1.807, 2.05) is 40.9 Å². The molecule has 2 aliphatic carbocycles. The Labute approximate surface area is 382 Å². The van der Waals surface area contributed by atoms with Gasteiger partial charge in [0.15, 0.2) is 17.5 Å². The number of para-hydroxylation sites is 1. The minimum Gasteiger partial charge on any atom is -0.309 e. The van der Waals surface area contributed by atoms with Crippen molar-refractivity contribution in [1.82, 2.24) is 19.5 Å². The molecule has 6 heteroatoms. The molecule has 14 rings (SSSR count). The minimum absolute atomic E-state index is 0.362. The van der Waals surface area contributed by atoms with Crippen LogP contribution in [0.2, 0.25) is 0 Å². The molecular weight excluding hydrogens is 829 g/mol. The van der Waals surface area contributed by atoms with Crippen LogP contribution in [0.25, 0.3) is 120 Å². The zero-order valence-electron chi connectivity index (χ0n) is 34.9. The molecular formula is C59H36N4S2. The number of rotatable bonds is 5. The highest BCUT2D eigenvalue weighted by Crippen LogP contribution is 2.47. The topological polar surface area (TPSA) is 43.6 Å². The van der Waals surface area contributed by atoms with Crippen molar-refractivity contribution >= 4 is 91.6 Å². The van der Waals surface area contributed by atoms with E-state index >= 15 is 0 Å². The zero-order chi connectivity index (χ0) is 42.6. The van der Waals surface area contributed by atoms with E-state index in [-0.39, 0.29) is 0 Å². The van der Waals surface area contributed by atoms with E-state index in [0.29, 0.717) is 23.4 Å². The number of hydrogen-bond donors (Lipinski definition) is 0. The van der Waals surface area contributed by atoms with Gasteiger partial charge in [-0.05, 0) is 107 Å². The number of nitrogens with zero attached hydrogens (tertiary/aromatic N) is 4. The van der Waals surface area contributed by atoms with Crippen molar-refractivity contribution in [2.75, 3.05) is 0 Å². The summed E-state index contributed by atoms with van der Waals surface area (Å²) >= 11 is 3.72. The van der Waals surface area contributed by atoms with E-state index in [2.05, 4.69) is 187 Å². The zero-order valence-corrected chi connectivity index (χ0v) is 36.6. The van der Waals surface area contributed by atoms with Crippen LogP contribution in [0.1, 0.15) is 10.4 Å². The van der Waals surface area contributed by atoms with Crippen molar-refractivity contribution in [3.8, 4) is 51.0 Å². The highest BCUT2D eigenvalue weighted by atomic mass is 32.1. The summed E-state index contributed by atoms with van der Waals surface area (Å²) in [6.07, 6.45) is 12.4. The van der Waals surface area contributed by atoms with Crippen LogP contribution in [0.4, 0.5) is 0 Å². The summed E-state index contributed by atoms with van der Waals surface area (Å²) in [5.74, 6) is 2.29. The van der Waals surface area contributed by atoms with Crippen LogP contribution in [0.5, 0.6) is 0 Å². The van der Waals surface area contributed by atoms with Gasteiger partial charge < -0.3 is 4.57 Å². The number of aromatic nitrogens is 4. The standard InChI is InChI=1S/C59H36N4S2/c1-2-13-35(14-3-1)57-60-58(62-59(61-57)41-26-28-53-47(32-41)43-20-9-11-23-52(43)64-53)40-25-27-50(63-49-22-10-8-19-42(49)45-29-36-15-4-6-17-38(36)33-51(45)63)46(31-40)44-21-12-24-54-56(44)48-30-37-16-5-7-18-39(37)34-55(48)65-54/h1-29,31-34,37H,30H2. The van der Waals surface area contributed by atoms with Crippen molar-refractivity contribution in [2.45, 2.75) is 6.42 Å². The van der Waals surface area contributed by atoms with Crippen molar-refractivity contribution in [3.63, 3.8) is 0 Å². The molecule has 0 saturated carbocycles. The second kappa shape index (κ2) is 14.4.